The Hall–Kier alpha value is -2.05. The Morgan fingerprint density at radius 1 is 1.47 bits per heavy atom. The molecule has 7 heteroatoms. The summed E-state index contributed by atoms with van der Waals surface area (Å²) in [6.07, 6.45) is 0. The van der Waals surface area contributed by atoms with Crippen LogP contribution >= 0.6 is 0 Å². The molecule has 0 saturated heterocycles. The molecular weight excluding hydrogens is 210 g/mol. The van der Waals surface area contributed by atoms with Crippen molar-refractivity contribution >= 4 is 17.3 Å². The highest BCUT2D eigenvalue weighted by Gasteiger charge is 2.21. The van der Waals surface area contributed by atoms with E-state index in [0.717, 1.165) is 6.92 Å². The van der Waals surface area contributed by atoms with E-state index in [-0.39, 0.29) is 0 Å². The number of nitrogens with one attached hydrogen (secondary N) is 1. The lowest BCUT2D eigenvalue weighted by Crippen LogP contribution is -2.10. The number of nitrogens with zero attached hydrogens (tertiary/aromatic N) is 1. The third kappa shape index (κ3) is 2.25. The molecule has 1 rings (SSSR count). The van der Waals surface area contributed by atoms with Crippen LogP contribution in [0.4, 0.5) is 20.2 Å². The first-order chi connectivity index (χ1) is 6.93. The smallest absolute Gasteiger partial charge is 0.307 e. The fraction of sp³-hybridized carbons (Fsp3) is 0.125. The number of halogens is 2. The first kappa shape index (κ1) is 11.0. The first-order valence-electron chi connectivity index (χ1n) is 3.83. The molecule has 0 aliphatic rings. The third-order valence-corrected chi connectivity index (χ3v) is 1.57. The van der Waals surface area contributed by atoms with Gasteiger partial charge in [0.2, 0.25) is 11.7 Å². The SMILES string of the molecule is CC(=O)Nc1c(F)ccc([N+](=O)[O-])c1F. The number of nitro groups is 1. The summed E-state index contributed by atoms with van der Waals surface area (Å²) in [6, 6.07) is 1.41. The molecule has 0 radical (unpaired) electrons. The number of benzene rings is 1. The lowest BCUT2D eigenvalue weighted by molar-refractivity contribution is -0.387. The quantitative estimate of drug-likeness (QED) is 0.605. The average Bonchev–Trinajstić information content (AvgIpc) is 2.11. The molecule has 0 unspecified atom stereocenters. The van der Waals surface area contributed by atoms with E-state index < -0.39 is 33.8 Å². The molecule has 0 heterocycles. The second kappa shape index (κ2) is 3.99. The van der Waals surface area contributed by atoms with E-state index in [0.29, 0.717) is 12.1 Å². The summed E-state index contributed by atoms with van der Waals surface area (Å²) in [5.41, 5.74) is -1.70. The van der Waals surface area contributed by atoms with Crippen molar-refractivity contribution in [1.82, 2.24) is 0 Å². The first-order valence-corrected chi connectivity index (χ1v) is 3.83. The van der Waals surface area contributed by atoms with E-state index in [2.05, 4.69) is 0 Å². The van der Waals surface area contributed by atoms with E-state index in [1.165, 1.54) is 0 Å². The highest BCUT2D eigenvalue weighted by Crippen LogP contribution is 2.26. The second-order valence-electron chi connectivity index (χ2n) is 2.69. The minimum atomic E-state index is -1.39. The molecule has 0 aliphatic heterocycles. The van der Waals surface area contributed by atoms with Gasteiger partial charge in [0, 0.05) is 13.0 Å². The number of carbonyl (C=O) groups is 1. The van der Waals surface area contributed by atoms with Crippen LogP contribution in [0.1, 0.15) is 6.92 Å². The zero-order valence-corrected chi connectivity index (χ0v) is 7.58. The van der Waals surface area contributed by atoms with Gasteiger partial charge in [-0.2, -0.15) is 4.39 Å². The summed E-state index contributed by atoms with van der Waals surface area (Å²) in [7, 11) is 0. The molecule has 0 atom stereocenters. The minimum Gasteiger partial charge on any atom is -0.321 e. The average molecular weight is 216 g/mol. The predicted octanol–water partition coefficient (Wildman–Crippen LogP) is 1.83. The van der Waals surface area contributed by atoms with Gasteiger partial charge in [-0.1, -0.05) is 0 Å². The maximum atomic E-state index is 13.2. The summed E-state index contributed by atoms with van der Waals surface area (Å²) in [5.74, 6) is -3.17. The summed E-state index contributed by atoms with van der Waals surface area (Å²) in [6.45, 7) is 1.04. The van der Waals surface area contributed by atoms with Crippen molar-refractivity contribution < 1.29 is 18.5 Å². The Bertz CT molecular complexity index is 434. The maximum absolute atomic E-state index is 13.2. The van der Waals surface area contributed by atoms with Crippen LogP contribution in [0.3, 0.4) is 0 Å². The van der Waals surface area contributed by atoms with E-state index in [9.17, 15) is 23.7 Å². The highest BCUT2D eigenvalue weighted by molar-refractivity contribution is 5.89. The van der Waals surface area contributed by atoms with Gasteiger partial charge >= 0.3 is 5.69 Å². The van der Waals surface area contributed by atoms with Gasteiger partial charge in [-0.15, -0.1) is 0 Å². The molecule has 1 aromatic carbocycles. The summed E-state index contributed by atoms with van der Waals surface area (Å²) < 4.78 is 26.2. The number of nitro benzene ring substituents is 1. The molecule has 0 bridgehead atoms. The van der Waals surface area contributed by atoms with Gasteiger partial charge in [-0.25, -0.2) is 4.39 Å². The molecule has 15 heavy (non-hydrogen) atoms. The van der Waals surface area contributed by atoms with Crippen molar-refractivity contribution in [3.05, 3.63) is 33.9 Å². The molecule has 0 spiro atoms. The third-order valence-electron chi connectivity index (χ3n) is 1.57. The Balaban J connectivity index is 3.29. The van der Waals surface area contributed by atoms with Gasteiger partial charge in [-0.3, -0.25) is 14.9 Å². The summed E-state index contributed by atoms with van der Waals surface area (Å²) in [5, 5.41) is 12.1. The van der Waals surface area contributed by atoms with Crippen LogP contribution in [0.2, 0.25) is 0 Å². The highest BCUT2D eigenvalue weighted by atomic mass is 19.1. The van der Waals surface area contributed by atoms with Crippen LogP contribution in [0, 0.1) is 21.7 Å². The minimum absolute atomic E-state index is 0.690. The Morgan fingerprint density at radius 2 is 2.07 bits per heavy atom. The molecule has 5 nitrogen and oxygen atoms in total. The van der Waals surface area contributed by atoms with Crippen LogP contribution in [-0.2, 0) is 4.79 Å². The van der Waals surface area contributed by atoms with Gasteiger partial charge < -0.3 is 5.32 Å². The van der Waals surface area contributed by atoms with E-state index in [4.69, 9.17) is 0 Å². The molecular formula is C8H6F2N2O3. The zero-order valence-electron chi connectivity index (χ0n) is 7.58. The van der Waals surface area contributed by atoms with Crippen molar-refractivity contribution in [3.63, 3.8) is 0 Å². The molecule has 0 aliphatic carbocycles. The number of carbonyl (C=O) groups excluding carboxylic acids is 1. The number of hydrogen-bond donors (Lipinski definition) is 1. The van der Waals surface area contributed by atoms with Gasteiger partial charge in [0.25, 0.3) is 0 Å². The molecule has 0 aromatic heterocycles. The Kier molecular flexibility index (Phi) is 2.93. The standard InChI is InChI=1S/C8H6F2N2O3/c1-4(13)11-8-5(9)2-3-6(7(8)10)12(14)15/h2-3H,1H3,(H,11,13). The van der Waals surface area contributed by atoms with E-state index >= 15 is 0 Å². The number of amides is 1. The van der Waals surface area contributed by atoms with Crippen LogP contribution < -0.4 is 5.32 Å². The fourth-order valence-corrected chi connectivity index (χ4v) is 0.973. The monoisotopic (exact) mass is 216 g/mol. The molecule has 1 N–H and O–H groups in total. The zero-order chi connectivity index (χ0) is 11.6. The fourth-order valence-electron chi connectivity index (χ4n) is 0.973. The number of anilines is 1. The van der Waals surface area contributed by atoms with E-state index in [1.54, 1.807) is 0 Å². The van der Waals surface area contributed by atoms with Gasteiger partial charge in [-0.05, 0) is 6.07 Å². The molecule has 80 valence electrons. The molecule has 1 aromatic rings. The van der Waals surface area contributed by atoms with Crippen molar-refractivity contribution in [1.29, 1.82) is 0 Å². The molecule has 0 fully saturated rings. The van der Waals surface area contributed by atoms with Crippen molar-refractivity contribution in [2.45, 2.75) is 6.92 Å². The van der Waals surface area contributed by atoms with Crippen LogP contribution in [0.5, 0.6) is 0 Å². The Labute approximate surface area is 82.9 Å². The van der Waals surface area contributed by atoms with Crippen LogP contribution in [-0.4, -0.2) is 10.8 Å². The lowest BCUT2D eigenvalue weighted by Gasteiger charge is -2.04. The molecule has 1 amide bonds. The van der Waals surface area contributed by atoms with Crippen LogP contribution in [0.15, 0.2) is 12.1 Å². The van der Waals surface area contributed by atoms with Crippen molar-refractivity contribution in [2.24, 2.45) is 0 Å². The topological polar surface area (TPSA) is 72.2 Å². The van der Waals surface area contributed by atoms with Gasteiger partial charge in [0.1, 0.15) is 11.5 Å². The van der Waals surface area contributed by atoms with Gasteiger partial charge in [0.05, 0.1) is 4.92 Å². The largest absolute Gasteiger partial charge is 0.321 e. The Morgan fingerprint density at radius 3 is 2.53 bits per heavy atom. The maximum Gasteiger partial charge on any atom is 0.307 e. The second-order valence-corrected chi connectivity index (χ2v) is 2.69. The van der Waals surface area contributed by atoms with Crippen molar-refractivity contribution in [2.75, 3.05) is 5.32 Å². The molecule has 0 saturated carbocycles. The summed E-state index contributed by atoms with van der Waals surface area (Å²) in [4.78, 5) is 19.9. The van der Waals surface area contributed by atoms with Crippen molar-refractivity contribution in [3.8, 4) is 0 Å². The summed E-state index contributed by atoms with van der Waals surface area (Å²) >= 11 is 0. The lowest BCUT2D eigenvalue weighted by atomic mass is 10.2. The number of hydrogen-bond acceptors (Lipinski definition) is 3. The van der Waals surface area contributed by atoms with Crippen LogP contribution in [0.25, 0.3) is 0 Å². The van der Waals surface area contributed by atoms with E-state index in [1.807, 2.05) is 5.32 Å². The normalized spacial score (nSPS) is 9.80. The predicted molar refractivity (Wildman–Crippen MR) is 47.3 cm³/mol. The van der Waals surface area contributed by atoms with Gasteiger partial charge in [0.15, 0.2) is 0 Å². The number of rotatable bonds is 2.